The molecule has 0 saturated heterocycles. The van der Waals surface area contributed by atoms with Gasteiger partial charge < -0.3 is 4.74 Å². The quantitative estimate of drug-likeness (QED) is 0.714. The first kappa shape index (κ1) is 12.0. The topological polar surface area (TPSA) is 26.5 Å². The molecule has 0 bridgehead atoms. The number of methoxy groups -OCH3 is 1. The third kappa shape index (κ3) is 1.61. The van der Waals surface area contributed by atoms with Crippen LogP contribution in [0.2, 0.25) is 0 Å². The Morgan fingerprint density at radius 3 is 2.75 bits per heavy atom. The minimum Gasteiger partial charge on any atom is -0.497 e. The second kappa shape index (κ2) is 4.35. The van der Waals surface area contributed by atoms with Crippen molar-refractivity contribution in [2.45, 2.75) is 26.2 Å². The molecule has 3 nitrogen and oxygen atoms in total. The van der Waals surface area contributed by atoms with Crippen LogP contribution in [0.1, 0.15) is 22.7 Å². The average molecular weight is 284 g/mol. The molecule has 0 radical (unpaired) electrons. The summed E-state index contributed by atoms with van der Waals surface area (Å²) >= 11 is 1.85. The Morgan fingerprint density at radius 1 is 1.20 bits per heavy atom. The number of hydrogen-bond acceptors (Lipinski definition) is 3. The van der Waals surface area contributed by atoms with Crippen molar-refractivity contribution < 1.29 is 4.74 Å². The van der Waals surface area contributed by atoms with Crippen LogP contribution in [0.4, 0.5) is 0 Å². The molecule has 0 amide bonds. The van der Waals surface area contributed by atoms with Crippen molar-refractivity contribution in [1.29, 1.82) is 0 Å². The van der Waals surface area contributed by atoms with Crippen molar-refractivity contribution in [1.82, 2.24) is 9.38 Å². The summed E-state index contributed by atoms with van der Waals surface area (Å²) in [4.78, 5) is 7.50. The summed E-state index contributed by atoms with van der Waals surface area (Å²) in [7, 11) is 1.69. The number of hydrogen-bond donors (Lipinski definition) is 0. The van der Waals surface area contributed by atoms with Crippen molar-refractivity contribution in [2.24, 2.45) is 0 Å². The summed E-state index contributed by atoms with van der Waals surface area (Å²) < 4.78 is 7.57. The monoisotopic (exact) mass is 284 g/mol. The maximum atomic E-state index is 5.22. The molecule has 0 saturated carbocycles. The normalized spacial score (nSPS) is 13.9. The van der Waals surface area contributed by atoms with Gasteiger partial charge in [-0.25, -0.2) is 4.98 Å². The maximum absolute atomic E-state index is 5.22. The van der Waals surface area contributed by atoms with E-state index in [1.165, 1.54) is 35.5 Å². The van der Waals surface area contributed by atoms with Crippen LogP contribution in [0.3, 0.4) is 0 Å². The van der Waals surface area contributed by atoms with Crippen LogP contribution in [0, 0.1) is 6.92 Å². The van der Waals surface area contributed by atoms with E-state index in [0.29, 0.717) is 0 Å². The molecule has 4 heteroatoms. The molecule has 4 rings (SSSR count). The number of aromatic nitrogens is 2. The first-order valence-electron chi connectivity index (χ1n) is 6.92. The first-order valence-corrected chi connectivity index (χ1v) is 7.73. The Balaban J connectivity index is 1.87. The lowest BCUT2D eigenvalue weighted by molar-refractivity contribution is 0.415. The molecule has 2 aromatic heterocycles. The average Bonchev–Trinajstić information content (AvgIpc) is 3.11. The van der Waals surface area contributed by atoms with Crippen LogP contribution in [0.25, 0.3) is 16.2 Å². The van der Waals surface area contributed by atoms with E-state index in [-0.39, 0.29) is 0 Å². The Kier molecular flexibility index (Phi) is 2.60. The molecule has 0 fully saturated rings. The number of fused-ring (bicyclic) bond motifs is 3. The van der Waals surface area contributed by atoms with Gasteiger partial charge in [0.2, 0.25) is 0 Å². The fraction of sp³-hybridized carbons (Fsp3) is 0.312. The van der Waals surface area contributed by atoms with Crippen molar-refractivity contribution in [2.75, 3.05) is 7.11 Å². The molecule has 0 N–H and O–H groups in total. The van der Waals surface area contributed by atoms with Gasteiger partial charge in [-0.1, -0.05) is 0 Å². The van der Waals surface area contributed by atoms with Gasteiger partial charge in [0, 0.05) is 21.8 Å². The summed E-state index contributed by atoms with van der Waals surface area (Å²) in [5.41, 5.74) is 4.99. The number of imidazole rings is 1. The van der Waals surface area contributed by atoms with Crippen molar-refractivity contribution in [3.8, 4) is 17.0 Å². The molecule has 0 aliphatic heterocycles. The van der Waals surface area contributed by atoms with Gasteiger partial charge in [-0.15, -0.1) is 11.3 Å². The van der Waals surface area contributed by atoms with E-state index in [0.717, 1.165) is 22.0 Å². The van der Waals surface area contributed by atoms with Crippen LogP contribution < -0.4 is 4.74 Å². The standard InChI is InChI=1S/C16H16N2OS/c1-10-15(11-6-8-12(19-2)9-7-11)17-16-18(10)13-4-3-5-14(13)20-16/h6-9H,3-5H2,1-2H3. The van der Waals surface area contributed by atoms with E-state index in [1.807, 2.05) is 23.5 Å². The van der Waals surface area contributed by atoms with Gasteiger partial charge in [-0.3, -0.25) is 4.40 Å². The van der Waals surface area contributed by atoms with Gasteiger partial charge >= 0.3 is 0 Å². The predicted octanol–water partition coefficient (Wildman–Crippen LogP) is 3.87. The number of aryl methyl sites for hydroxylation is 3. The summed E-state index contributed by atoms with van der Waals surface area (Å²) in [6.07, 6.45) is 3.70. The molecule has 1 aliphatic carbocycles. The number of benzene rings is 1. The smallest absolute Gasteiger partial charge is 0.194 e. The van der Waals surface area contributed by atoms with Gasteiger partial charge in [0.1, 0.15) is 5.75 Å². The van der Waals surface area contributed by atoms with E-state index >= 15 is 0 Å². The SMILES string of the molecule is COc1ccc(-c2nc3sc4c(n3c2C)CCC4)cc1. The van der Waals surface area contributed by atoms with Crippen LogP contribution in [-0.4, -0.2) is 16.5 Å². The van der Waals surface area contributed by atoms with Gasteiger partial charge in [0.05, 0.1) is 12.8 Å². The fourth-order valence-electron chi connectivity index (χ4n) is 3.04. The molecule has 20 heavy (non-hydrogen) atoms. The number of nitrogens with zero attached hydrogens (tertiary/aromatic N) is 2. The summed E-state index contributed by atoms with van der Waals surface area (Å²) in [6, 6.07) is 8.15. The zero-order valence-corrected chi connectivity index (χ0v) is 12.5. The molecule has 102 valence electrons. The first-order chi connectivity index (χ1) is 9.78. The van der Waals surface area contributed by atoms with E-state index in [4.69, 9.17) is 9.72 Å². The molecule has 3 aromatic rings. The van der Waals surface area contributed by atoms with Crippen molar-refractivity contribution in [3.63, 3.8) is 0 Å². The van der Waals surface area contributed by atoms with E-state index in [9.17, 15) is 0 Å². The minimum atomic E-state index is 0.883. The highest BCUT2D eigenvalue weighted by molar-refractivity contribution is 7.17. The lowest BCUT2D eigenvalue weighted by Crippen LogP contribution is -1.92. The molecule has 2 heterocycles. The summed E-state index contributed by atoms with van der Waals surface area (Å²) in [5, 5.41) is 0. The van der Waals surface area contributed by atoms with Crippen LogP contribution in [0.5, 0.6) is 5.75 Å². The predicted molar refractivity (Wildman–Crippen MR) is 81.8 cm³/mol. The second-order valence-corrected chi connectivity index (χ2v) is 6.28. The van der Waals surface area contributed by atoms with Gasteiger partial charge in [-0.05, 0) is 50.5 Å². The van der Waals surface area contributed by atoms with E-state index in [1.54, 1.807) is 7.11 Å². The maximum Gasteiger partial charge on any atom is 0.194 e. The van der Waals surface area contributed by atoms with Crippen molar-refractivity contribution in [3.05, 3.63) is 40.5 Å². The molecule has 1 aliphatic rings. The van der Waals surface area contributed by atoms with Gasteiger partial charge in [-0.2, -0.15) is 0 Å². The third-order valence-electron chi connectivity index (χ3n) is 4.06. The highest BCUT2D eigenvalue weighted by Gasteiger charge is 2.22. The summed E-state index contributed by atoms with van der Waals surface area (Å²) in [6.45, 7) is 2.17. The lowest BCUT2D eigenvalue weighted by Gasteiger charge is -2.03. The second-order valence-electron chi connectivity index (χ2n) is 5.22. The number of thiazole rings is 1. The highest BCUT2D eigenvalue weighted by atomic mass is 32.1. The van der Waals surface area contributed by atoms with Crippen LogP contribution in [0.15, 0.2) is 24.3 Å². The lowest BCUT2D eigenvalue weighted by atomic mass is 10.1. The Labute approximate surface area is 121 Å². The zero-order chi connectivity index (χ0) is 13.7. The number of ether oxygens (including phenoxy) is 1. The zero-order valence-electron chi connectivity index (χ0n) is 11.6. The van der Waals surface area contributed by atoms with Gasteiger partial charge in [0.15, 0.2) is 4.96 Å². The van der Waals surface area contributed by atoms with Gasteiger partial charge in [0.25, 0.3) is 0 Å². The number of rotatable bonds is 2. The molecule has 0 spiro atoms. The Hall–Kier alpha value is -1.81. The Morgan fingerprint density at radius 2 is 2.00 bits per heavy atom. The minimum absolute atomic E-state index is 0.883. The van der Waals surface area contributed by atoms with E-state index < -0.39 is 0 Å². The van der Waals surface area contributed by atoms with Crippen LogP contribution in [-0.2, 0) is 12.8 Å². The highest BCUT2D eigenvalue weighted by Crippen LogP contribution is 2.35. The molecular weight excluding hydrogens is 268 g/mol. The van der Waals surface area contributed by atoms with E-state index in [2.05, 4.69) is 23.5 Å². The summed E-state index contributed by atoms with van der Waals surface area (Å²) in [5.74, 6) is 0.883. The molecule has 0 atom stereocenters. The van der Waals surface area contributed by atoms with Crippen LogP contribution >= 0.6 is 11.3 Å². The third-order valence-corrected chi connectivity index (χ3v) is 5.21. The largest absolute Gasteiger partial charge is 0.497 e. The molecule has 0 unspecified atom stereocenters. The molecular formula is C16H16N2OS. The Bertz CT molecular complexity index is 783. The fourth-order valence-corrected chi connectivity index (χ4v) is 4.29. The molecule has 1 aromatic carbocycles. The van der Waals surface area contributed by atoms with Crippen molar-refractivity contribution >= 4 is 16.3 Å².